The fourth-order valence-corrected chi connectivity index (χ4v) is 4.33. The van der Waals surface area contributed by atoms with Gasteiger partial charge in [-0.3, -0.25) is 34.1 Å². The van der Waals surface area contributed by atoms with Gasteiger partial charge in [0.15, 0.2) is 0 Å². The van der Waals surface area contributed by atoms with Gasteiger partial charge in [0.25, 0.3) is 0 Å². The van der Waals surface area contributed by atoms with Crippen molar-refractivity contribution in [3.63, 3.8) is 0 Å². The molecule has 20 nitrogen and oxygen atoms in total. The van der Waals surface area contributed by atoms with Crippen LogP contribution < -0.4 is 32.3 Å². The standard InChI is InChI=1S/C32H54N8O12/c1-23(41)40-27(32(47)48)7-8-28(43)36-10-12-49-14-17-52-21-30(45)37-11-13-50-15-16-51-20-29(44)35-9-3-2-4-26(31(33)46)38-19-25(42)6-5-24-18-34-22-39-24/h18,22,26-27,38H,2-17,19-21H2,1H3,(H2,33,46)(H,34,39)(H,35,44)(H,36,43)(H,37,45)(H,40,41)(H,47,48)/t26-,27?/m0/s1. The number of primary amides is 1. The van der Waals surface area contributed by atoms with Crippen molar-refractivity contribution < 1.29 is 57.6 Å². The summed E-state index contributed by atoms with van der Waals surface area (Å²) >= 11 is 0. The molecule has 20 heteroatoms. The Kier molecular flexibility index (Phi) is 25.5. The SMILES string of the molecule is CC(=O)NC(CCC(=O)NCCOCCOCC(=O)NCCOCCOCC(=O)NCCCC[C@H](NCC(=O)CCc1cnc[nH]1)C(N)=O)C(=O)O. The summed E-state index contributed by atoms with van der Waals surface area (Å²) in [6.07, 6.45) is 5.62. The molecular weight excluding hydrogens is 688 g/mol. The van der Waals surface area contributed by atoms with Crippen molar-refractivity contribution in [2.45, 2.75) is 64.0 Å². The lowest BCUT2D eigenvalue weighted by Gasteiger charge is -2.15. The van der Waals surface area contributed by atoms with Crippen molar-refractivity contribution in [1.82, 2.24) is 36.6 Å². The van der Waals surface area contributed by atoms with Gasteiger partial charge >= 0.3 is 5.97 Å². The van der Waals surface area contributed by atoms with Crippen molar-refractivity contribution in [3.8, 4) is 0 Å². The van der Waals surface area contributed by atoms with Crippen LogP contribution in [0, 0.1) is 0 Å². The number of nitrogens with two attached hydrogens (primary N) is 1. The number of ketones is 1. The average Bonchev–Trinajstić information content (AvgIpc) is 3.62. The van der Waals surface area contributed by atoms with Crippen LogP contribution in [0.5, 0.6) is 0 Å². The van der Waals surface area contributed by atoms with E-state index in [-0.39, 0.29) is 109 Å². The van der Waals surface area contributed by atoms with Crippen molar-refractivity contribution in [2.24, 2.45) is 5.73 Å². The molecule has 1 unspecified atom stereocenters. The zero-order valence-corrected chi connectivity index (χ0v) is 29.7. The fourth-order valence-electron chi connectivity index (χ4n) is 4.33. The molecule has 2 atom stereocenters. The Balaban J connectivity index is 1.91. The van der Waals surface area contributed by atoms with Gasteiger partial charge in [-0.15, -0.1) is 0 Å². The highest BCUT2D eigenvalue weighted by atomic mass is 16.5. The molecule has 0 saturated carbocycles. The van der Waals surface area contributed by atoms with Crippen LogP contribution in [0.4, 0.5) is 0 Å². The summed E-state index contributed by atoms with van der Waals surface area (Å²) in [5.74, 6) is -3.28. The van der Waals surface area contributed by atoms with Crippen LogP contribution in [0.3, 0.4) is 0 Å². The Labute approximate surface area is 302 Å². The molecule has 0 spiro atoms. The lowest BCUT2D eigenvalue weighted by atomic mass is 10.1. The van der Waals surface area contributed by atoms with E-state index in [4.69, 9.17) is 29.8 Å². The number of nitrogens with one attached hydrogen (secondary N) is 6. The quantitative estimate of drug-likeness (QED) is 0.0341. The van der Waals surface area contributed by atoms with E-state index in [2.05, 4.69) is 36.6 Å². The first kappa shape index (κ1) is 45.5. The number of rotatable bonds is 33. The number of Topliss-reactive ketones (excluding diaryl/α,β-unsaturated/α-hetero) is 1. The van der Waals surface area contributed by atoms with Gasteiger partial charge in [-0.2, -0.15) is 0 Å². The van der Waals surface area contributed by atoms with Gasteiger partial charge in [0.2, 0.25) is 29.5 Å². The zero-order chi connectivity index (χ0) is 38.4. The van der Waals surface area contributed by atoms with Gasteiger partial charge in [-0.25, -0.2) is 9.78 Å². The van der Waals surface area contributed by atoms with E-state index in [1.54, 1.807) is 12.5 Å². The number of unbranched alkanes of at least 4 members (excludes halogenated alkanes) is 1. The zero-order valence-electron chi connectivity index (χ0n) is 29.7. The third kappa shape index (κ3) is 25.5. The average molecular weight is 743 g/mol. The Morgan fingerprint density at radius 3 is 1.92 bits per heavy atom. The van der Waals surface area contributed by atoms with E-state index >= 15 is 0 Å². The van der Waals surface area contributed by atoms with Crippen LogP contribution in [0.25, 0.3) is 0 Å². The third-order valence-electron chi connectivity index (χ3n) is 7.04. The van der Waals surface area contributed by atoms with Crippen molar-refractivity contribution >= 4 is 41.3 Å². The number of hydrogen-bond acceptors (Lipinski definition) is 13. The highest BCUT2D eigenvalue weighted by Crippen LogP contribution is 2.02. The normalized spacial score (nSPS) is 12.0. The molecule has 0 aromatic carbocycles. The molecule has 0 aliphatic rings. The molecule has 0 aliphatic carbocycles. The number of carbonyl (C=O) groups excluding carboxylic acids is 6. The van der Waals surface area contributed by atoms with Gasteiger partial charge in [-0.05, 0) is 32.1 Å². The largest absolute Gasteiger partial charge is 0.480 e. The number of nitrogens with zero attached hydrogens (tertiary/aromatic N) is 1. The van der Waals surface area contributed by atoms with Gasteiger partial charge in [0, 0.05) is 51.3 Å². The number of carboxylic acid groups (broad SMARTS) is 1. The number of hydrogen-bond donors (Lipinski definition) is 8. The van der Waals surface area contributed by atoms with E-state index in [9.17, 15) is 33.6 Å². The van der Waals surface area contributed by atoms with Gasteiger partial charge < -0.3 is 56.0 Å². The summed E-state index contributed by atoms with van der Waals surface area (Å²) in [7, 11) is 0. The lowest BCUT2D eigenvalue weighted by Crippen LogP contribution is -2.43. The van der Waals surface area contributed by atoms with Gasteiger partial charge in [0.05, 0.1) is 58.6 Å². The molecular formula is C32H54N8O12. The molecule has 0 fully saturated rings. The molecule has 1 aromatic heterocycles. The second-order valence-electron chi connectivity index (χ2n) is 11.5. The maximum Gasteiger partial charge on any atom is 0.326 e. The first-order valence-electron chi connectivity index (χ1n) is 17.1. The van der Waals surface area contributed by atoms with Gasteiger partial charge in [-0.1, -0.05) is 0 Å². The maximum absolute atomic E-state index is 12.1. The lowest BCUT2D eigenvalue weighted by molar-refractivity contribution is -0.142. The molecule has 9 N–H and O–H groups in total. The summed E-state index contributed by atoms with van der Waals surface area (Å²) in [5, 5.41) is 22.2. The van der Waals surface area contributed by atoms with E-state index in [1.165, 1.54) is 6.92 Å². The number of carboxylic acids is 1. The summed E-state index contributed by atoms with van der Waals surface area (Å²) in [5.41, 5.74) is 6.31. The number of aromatic amines is 1. The second-order valence-corrected chi connectivity index (χ2v) is 11.5. The Hall–Kier alpha value is -4.50. The number of H-pyrrole nitrogens is 1. The van der Waals surface area contributed by atoms with Crippen LogP contribution in [-0.2, 0) is 58.9 Å². The minimum atomic E-state index is -1.21. The van der Waals surface area contributed by atoms with Crippen LogP contribution in [-0.4, -0.2) is 147 Å². The van der Waals surface area contributed by atoms with Crippen LogP contribution in [0.1, 0.15) is 51.1 Å². The number of amides is 5. The third-order valence-corrected chi connectivity index (χ3v) is 7.04. The Bertz CT molecular complexity index is 1220. The Morgan fingerprint density at radius 1 is 0.769 bits per heavy atom. The second kappa shape index (κ2) is 29.1. The molecule has 52 heavy (non-hydrogen) atoms. The molecule has 0 radical (unpaired) electrons. The predicted octanol–water partition coefficient (Wildman–Crippen LogP) is -2.69. The topological polar surface area (TPSA) is 291 Å². The molecule has 5 amide bonds. The van der Waals surface area contributed by atoms with Crippen LogP contribution in [0.15, 0.2) is 12.5 Å². The molecule has 294 valence electrons. The highest BCUT2D eigenvalue weighted by Gasteiger charge is 2.19. The minimum absolute atomic E-state index is 0.0355. The number of aryl methyl sites for hydroxylation is 1. The van der Waals surface area contributed by atoms with E-state index in [1.807, 2.05) is 0 Å². The predicted molar refractivity (Wildman–Crippen MR) is 184 cm³/mol. The van der Waals surface area contributed by atoms with Crippen molar-refractivity contribution in [1.29, 1.82) is 0 Å². The number of aliphatic carboxylic acids is 1. The number of aromatic nitrogens is 2. The summed E-state index contributed by atoms with van der Waals surface area (Å²) in [6, 6.07) is -1.76. The monoisotopic (exact) mass is 742 g/mol. The first-order chi connectivity index (χ1) is 25.0. The van der Waals surface area contributed by atoms with E-state index < -0.39 is 29.9 Å². The molecule has 0 saturated heterocycles. The fraction of sp³-hybridized carbons (Fsp3) is 0.688. The summed E-state index contributed by atoms with van der Waals surface area (Å²) in [4.78, 5) is 88.3. The molecule has 0 aliphatic heterocycles. The summed E-state index contributed by atoms with van der Waals surface area (Å²) < 4.78 is 21.2. The molecule has 1 rings (SSSR count). The van der Waals surface area contributed by atoms with Crippen molar-refractivity contribution in [3.05, 3.63) is 18.2 Å². The van der Waals surface area contributed by atoms with E-state index in [0.717, 1.165) is 5.69 Å². The number of imidazole rings is 1. The molecule has 1 heterocycles. The molecule has 0 bridgehead atoms. The highest BCUT2D eigenvalue weighted by molar-refractivity contribution is 5.84. The van der Waals surface area contributed by atoms with Crippen molar-refractivity contribution in [2.75, 3.05) is 79.0 Å². The number of ether oxygens (including phenoxy) is 4. The molecule has 1 aromatic rings. The van der Waals surface area contributed by atoms with Gasteiger partial charge in [0.1, 0.15) is 25.0 Å². The summed E-state index contributed by atoms with van der Waals surface area (Å²) in [6.45, 7) is 2.98. The van der Waals surface area contributed by atoms with Crippen LogP contribution >= 0.6 is 0 Å². The minimum Gasteiger partial charge on any atom is -0.480 e. The number of carbonyl (C=O) groups is 7. The smallest absolute Gasteiger partial charge is 0.326 e. The van der Waals surface area contributed by atoms with Crippen LogP contribution in [0.2, 0.25) is 0 Å². The first-order valence-corrected chi connectivity index (χ1v) is 17.1. The van der Waals surface area contributed by atoms with E-state index in [0.29, 0.717) is 38.6 Å². The Morgan fingerprint density at radius 2 is 1.37 bits per heavy atom. The maximum atomic E-state index is 12.1.